The second-order valence-corrected chi connectivity index (χ2v) is 6.05. The summed E-state index contributed by atoms with van der Waals surface area (Å²) in [5, 5.41) is 0.746. The lowest BCUT2D eigenvalue weighted by Gasteiger charge is -2.35. The molecule has 7 heteroatoms. The van der Waals surface area contributed by atoms with Crippen molar-refractivity contribution in [1.82, 2.24) is 9.88 Å². The predicted molar refractivity (Wildman–Crippen MR) is 76.8 cm³/mol. The van der Waals surface area contributed by atoms with Crippen molar-refractivity contribution in [2.45, 2.75) is 26.1 Å². The third kappa shape index (κ3) is 2.98. The van der Waals surface area contributed by atoms with Crippen molar-refractivity contribution < 1.29 is 9.53 Å². The molecule has 0 saturated carbocycles. The Balaban J connectivity index is 2.19. The van der Waals surface area contributed by atoms with E-state index in [2.05, 4.69) is 4.98 Å². The van der Waals surface area contributed by atoms with Gasteiger partial charge in [-0.15, -0.1) is 0 Å². The third-order valence-electron chi connectivity index (χ3n) is 2.93. The number of morpholine rings is 1. The van der Waals surface area contributed by atoms with Gasteiger partial charge in [-0.05, 0) is 13.8 Å². The molecular weight excluding hydrogens is 264 g/mol. The molecule has 6 nitrogen and oxygen atoms in total. The van der Waals surface area contributed by atoms with Gasteiger partial charge < -0.3 is 20.3 Å². The van der Waals surface area contributed by atoms with E-state index in [-0.39, 0.29) is 18.1 Å². The predicted octanol–water partition coefficient (Wildman–Crippen LogP) is 1.04. The van der Waals surface area contributed by atoms with Crippen molar-refractivity contribution in [2.75, 3.05) is 37.8 Å². The minimum atomic E-state index is -0.0508. The highest BCUT2D eigenvalue weighted by Crippen LogP contribution is 2.28. The first-order valence-corrected chi connectivity index (χ1v) is 7.08. The van der Waals surface area contributed by atoms with E-state index < -0.39 is 0 Å². The molecule has 19 heavy (non-hydrogen) atoms. The molecule has 106 valence electrons. The van der Waals surface area contributed by atoms with E-state index in [1.165, 1.54) is 11.3 Å². The van der Waals surface area contributed by atoms with Gasteiger partial charge in [0.15, 0.2) is 5.13 Å². The second-order valence-electron chi connectivity index (χ2n) is 5.07. The quantitative estimate of drug-likeness (QED) is 0.878. The Hall–Kier alpha value is -1.34. The molecule has 2 N–H and O–H groups in total. The Kier molecular flexibility index (Phi) is 3.96. The lowest BCUT2D eigenvalue weighted by atomic mass is 10.2. The van der Waals surface area contributed by atoms with E-state index in [9.17, 15) is 4.79 Å². The van der Waals surface area contributed by atoms with Crippen LogP contribution in [0.5, 0.6) is 0 Å². The number of anilines is 2. The second kappa shape index (κ2) is 5.34. The Morgan fingerprint density at radius 1 is 1.42 bits per heavy atom. The average molecular weight is 284 g/mol. The fourth-order valence-electron chi connectivity index (χ4n) is 2.15. The number of nitrogens with zero attached hydrogens (tertiary/aromatic N) is 3. The summed E-state index contributed by atoms with van der Waals surface area (Å²) in [4.78, 5) is 20.9. The van der Waals surface area contributed by atoms with Crippen LogP contribution in [-0.2, 0) is 4.74 Å². The number of carbonyl (C=O) groups excluding carboxylic acids is 1. The van der Waals surface area contributed by atoms with Gasteiger partial charge in [0.1, 0.15) is 10.7 Å². The van der Waals surface area contributed by atoms with Gasteiger partial charge in [-0.25, -0.2) is 4.98 Å². The van der Waals surface area contributed by atoms with Gasteiger partial charge in [0, 0.05) is 27.2 Å². The van der Waals surface area contributed by atoms with Crippen LogP contribution in [0.15, 0.2) is 0 Å². The lowest BCUT2D eigenvalue weighted by Crippen LogP contribution is -2.48. The van der Waals surface area contributed by atoms with Crippen LogP contribution in [0.1, 0.15) is 23.5 Å². The van der Waals surface area contributed by atoms with E-state index >= 15 is 0 Å². The number of nitrogens with two attached hydrogens (primary N) is 1. The number of aromatic nitrogens is 1. The van der Waals surface area contributed by atoms with Crippen molar-refractivity contribution in [3.8, 4) is 0 Å². The molecule has 0 bridgehead atoms. The van der Waals surface area contributed by atoms with E-state index in [4.69, 9.17) is 10.5 Å². The highest BCUT2D eigenvalue weighted by atomic mass is 32.1. The zero-order valence-corrected chi connectivity index (χ0v) is 12.5. The highest BCUT2D eigenvalue weighted by Gasteiger charge is 2.29. The van der Waals surface area contributed by atoms with Gasteiger partial charge in [-0.3, -0.25) is 4.79 Å². The summed E-state index contributed by atoms with van der Waals surface area (Å²) in [6.45, 7) is 5.13. The van der Waals surface area contributed by atoms with Gasteiger partial charge in [-0.1, -0.05) is 11.3 Å². The number of thiazole rings is 1. The molecule has 2 rings (SSSR count). The monoisotopic (exact) mass is 284 g/mol. The highest BCUT2D eigenvalue weighted by molar-refractivity contribution is 7.18. The van der Waals surface area contributed by atoms with Crippen LogP contribution in [0.2, 0.25) is 0 Å². The zero-order valence-electron chi connectivity index (χ0n) is 11.7. The zero-order chi connectivity index (χ0) is 14.2. The molecule has 1 amide bonds. The van der Waals surface area contributed by atoms with Gasteiger partial charge in [-0.2, -0.15) is 0 Å². The summed E-state index contributed by atoms with van der Waals surface area (Å²) < 4.78 is 5.63. The first kappa shape index (κ1) is 14.1. The summed E-state index contributed by atoms with van der Waals surface area (Å²) in [6.07, 6.45) is 0.102. The summed E-state index contributed by atoms with van der Waals surface area (Å²) in [5.41, 5.74) is 5.85. The molecule has 0 aromatic carbocycles. The average Bonchev–Trinajstić information content (AvgIpc) is 2.69. The number of hydrogen-bond donors (Lipinski definition) is 1. The molecule has 1 aromatic heterocycles. The summed E-state index contributed by atoms with van der Waals surface area (Å²) in [5.74, 6) is 0.260. The standard InChI is InChI=1S/C12H20N4O2S/c1-7-5-16(6-8(2)18-7)11(17)9-10(13)14-12(19-9)15(3)4/h7-8H,5-6,13H2,1-4H3. The van der Waals surface area contributed by atoms with Crippen molar-refractivity contribution in [3.05, 3.63) is 4.88 Å². The minimum absolute atomic E-state index is 0.0508. The van der Waals surface area contributed by atoms with Crippen molar-refractivity contribution in [2.24, 2.45) is 0 Å². The van der Waals surface area contributed by atoms with E-state index in [0.717, 1.165) is 5.13 Å². The Labute approximate surface area is 117 Å². The van der Waals surface area contributed by atoms with Crippen molar-refractivity contribution in [3.63, 3.8) is 0 Å². The van der Waals surface area contributed by atoms with Crippen LogP contribution in [0.3, 0.4) is 0 Å². The van der Waals surface area contributed by atoms with Crippen LogP contribution in [0.4, 0.5) is 10.9 Å². The van der Waals surface area contributed by atoms with Crippen LogP contribution in [0, 0.1) is 0 Å². The van der Waals surface area contributed by atoms with E-state index in [1.54, 1.807) is 4.90 Å². The largest absolute Gasteiger partial charge is 0.382 e. The van der Waals surface area contributed by atoms with Crippen LogP contribution in [-0.4, -0.2) is 55.2 Å². The number of carbonyl (C=O) groups is 1. The van der Waals surface area contributed by atoms with E-state index in [1.807, 2.05) is 32.8 Å². The molecule has 0 spiro atoms. The lowest BCUT2D eigenvalue weighted by molar-refractivity contribution is -0.0584. The molecule has 0 aliphatic carbocycles. The minimum Gasteiger partial charge on any atom is -0.382 e. The normalized spacial score (nSPS) is 23.5. The van der Waals surface area contributed by atoms with Gasteiger partial charge in [0.2, 0.25) is 0 Å². The Bertz CT molecular complexity index is 464. The number of hydrogen-bond acceptors (Lipinski definition) is 6. The molecule has 1 aliphatic heterocycles. The topological polar surface area (TPSA) is 71.7 Å². The molecule has 0 radical (unpaired) electrons. The van der Waals surface area contributed by atoms with Crippen LogP contribution in [0.25, 0.3) is 0 Å². The number of rotatable bonds is 2. The van der Waals surface area contributed by atoms with Crippen LogP contribution < -0.4 is 10.6 Å². The molecule has 1 fully saturated rings. The molecule has 2 unspecified atom stereocenters. The van der Waals surface area contributed by atoms with Gasteiger partial charge in [0.05, 0.1) is 12.2 Å². The van der Waals surface area contributed by atoms with E-state index in [0.29, 0.717) is 23.8 Å². The summed E-state index contributed by atoms with van der Waals surface area (Å²) in [7, 11) is 3.76. The SMILES string of the molecule is CC1CN(C(=O)c2sc(N(C)C)nc2N)CC(C)O1. The third-order valence-corrected chi connectivity index (χ3v) is 4.15. The molecule has 2 heterocycles. The van der Waals surface area contributed by atoms with Gasteiger partial charge in [0.25, 0.3) is 5.91 Å². The maximum atomic E-state index is 12.5. The number of amides is 1. The maximum Gasteiger partial charge on any atom is 0.268 e. The summed E-state index contributed by atoms with van der Waals surface area (Å²) in [6, 6.07) is 0. The molecular formula is C12H20N4O2S. The van der Waals surface area contributed by atoms with Crippen molar-refractivity contribution >= 4 is 28.2 Å². The number of nitrogen functional groups attached to an aromatic ring is 1. The molecule has 1 aliphatic rings. The van der Waals surface area contributed by atoms with Gasteiger partial charge >= 0.3 is 0 Å². The Morgan fingerprint density at radius 2 is 2.00 bits per heavy atom. The smallest absolute Gasteiger partial charge is 0.268 e. The van der Waals surface area contributed by atoms with Crippen molar-refractivity contribution in [1.29, 1.82) is 0 Å². The fourth-order valence-corrected chi connectivity index (χ4v) is 3.03. The molecule has 1 saturated heterocycles. The first-order chi connectivity index (χ1) is 8.88. The maximum absolute atomic E-state index is 12.5. The summed E-state index contributed by atoms with van der Waals surface area (Å²) >= 11 is 1.33. The van der Waals surface area contributed by atoms with Crippen LogP contribution >= 0.6 is 11.3 Å². The first-order valence-electron chi connectivity index (χ1n) is 6.26. The number of ether oxygens (including phenoxy) is 1. The Morgan fingerprint density at radius 3 is 2.47 bits per heavy atom. The molecule has 1 aromatic rings. The fraction of sp³-hybridized carbons (Fsp3) is 0.667. The molecule has 2 atom stereocenters.